The quantitative estimate of drug-likeness (QED) is 0.769. The summed E-state index contributed by atoms with van der Waals surface area (Å²) in [5, 5.41) is 3.84. The van der Waals surface area contributed by atoms with E-state index in [1.54, 1.807) is 13.0 Å². The van der Waals surface area contributed by atoms with Crippen molar-refractivity contribution < 1.29 is 4.39 Å². The maximum absolute atomic E-state index is 13.1. The van der Waals surface area contributed by atoms with Gasteiger partial charge in [-0.2, -0.15) is 0 Å². The Morgan fingerprint density at radius 1 is 1.40 bits per heavy atom. The lowest BCUT2D eigenvalue weighted by Gasteiger charge is -2.20. The predicted molar refractivity (Wildman–Crippen MR) is 60.1 cm³/mol. The van der Waals surface area contributed by atoms with Gasteiger partial charge in [-0.3, -0.25) is 0 Å². The molecule has 1 nitrogen and oxygen atoms in total. The first kappa shape index (κ1) is 10.2. The molecular formula is C12H11ClFN. The second-order valence-corrected chi connectivity index (χ2v) is 3.96. The fourth-order valence-corrected chi connectivity index (χ4v) is 1.83. The zero-order valence-corrected chi connectivity index (χ0v) is 9.05. The molecule has 2 rings (SSSR count). The Kier molecular flexibility index (Phi) is 2.78. The molecule has 1 atom stereocenters. The number of hydrogen-bond acceptors (Lipinski definition) is 1. The lowest BCUT2D eigenvalue weighted by Crippen LogP contribution is -2.18. The van der Waals surface area contributed by atoms with Crippen LogP contribution in [0.3, 0.4) is 0 Å². The molecule has 1 aromatic rings. The highest BCUT2D eigenvalue weighted by atomic mass is 35.5. The maximum atomic E-state index is 13.1. The fourth-order valence-electron chi connectivity index (χ4n) is 1.57. The molecule has 0 saturated carbocycles. The van der Waals surface area contributed by atoms with Gasteiger partial charge in [0.15, 0.2) is 0 Å². The van der Waals surface area contributed by atoms with Gasteiger partial charge in [-0.25, -0.2) is 4.39 Å². The van der Waals surface area contributed by atoms with Gasteiger partial charge in [-0.15, -0.1) is 0 Å². The minimum absolute atomic E-state index is 0.0593. The molecule has 78 valence electrons. The van der Waals surface area contributed by atoms with Crippen LogP contribution in [0.25, 0.3) is 0 Å². The minimum atomic E-state index is -0.190. The summed E-state index contributed by atoms with van der Waals surface area (Å²) in [6, 6.07) is 4.96. The summed E-state index contributed by atoms with van der Waals surface area (Å²) in [7, 11) is 0. The van der Waals surface area contributed by atoms with Crippen LogP contribution in [0.4, 0.5) is 4.39 Å². The number of benzene rings is 1. The van der Waals surface area contributed by atoms with Gasteiger partial charge in [-0.05, 0) is 42.5 Å². The number of dihydropyridines is 1. The van der Waals surface area contributed by atoms with E-state index in [2.05, 4.69) is 5.32 Å². The summed E-state index contributed by atoms with van der Waals surface area (Å²) >= 11 is 6.06. The van der Waals surface area contributed by atoms with E-state index in [0.717, 1.165) is 5.56 Å². The van der Waals surface area contributed by atoms with E-state index < -0.39 is 0 Å². The third kappa shape index (κ3) is 2.05. The third-order valence-electron chi connectivity index (χ3n) is 2.41. The maximum Gasteiger partial charge on any atom is 0.126 e. The Bertz CT molecular complexity index is 437. The fraction of sp³-hybridized carbons (Fsp3) is 0.167. The van der Waals surface area contributed by atoms with Crippen LogP contribution < -0.4 is 5.32 Å². The second-order valence-electron chi connectivity index (χ2n) is 3.52. The smallest absolute Gasteiger partial charge is 0.126 e. The van der Waals surface area contributed by atoms with Crippen molar-refractivity contribution in [1.82, 2.24) is 5.32 Å². The zero-order chi connectivity index (χ0) is 10.8. The number of allylic oxidation sites excluding steroid dienone is 2. The lowest BCUT2D eigenvalue weighted by atomic mass is 10.0. The van der Waals surface area contributed by atoms with Gasteiger partial charge in [0.05, 0.1) is 6.04 Å². The molecule has 1 aliphatic heterocycles. The molecule has 15 heavy (non-hydrogen) atoms. The average Bonchev–Trinajstić information content (AvgIpc) is 2.23. The summed E-state index contributed by atoms with van der Waals surface area (Å²) in [5.41, 5.74) is 1.60. The van der Waals surface area contributed by atoms with Crippen LogP contribution in [0.5, 0.6) is 0 Å². The summed E-state index contributed by atoms with van der Waals surface area (Å²) in [6.07, 6.45) is 5.51. The van der Waals surface area contributed by atoms with Crippen LogP contribution in [0.2, 0.25) is 0 Å². The Labute approximate surface area is 93.3 Å². The van der Waals surface area contributed by atoms with Crippen molar-refractivity contribution in [2.24, 2.45) is 0 Å². The van der Waals surface area contributed by atoms with Crippen molar-refractivity contribution in [3.8, 4) is 0 Å². The summed E-state index contributed by atoms with van der Waals surface area (Å²) < 4.78 is 13.1. The third-order valence-corrected chi connectivity index (χ3v) is 2.75. The molecule has 0 amide bonds. The minimum Gasteiger partial charge on any atom is -0.379 e. The normalized spacial score (nSPS) is 19.7. The molecule has 0 aliphatic carbocycles. The van der Waals surface area contributed by atoms with E-state index in [4.69, 9.17) is 11.6 Å². The van der Waals surface area contributed by atoms with Crippen molar-refractivity contribution >= 4 is 11.6 Å². The van der Waals surface area contributed by atoms with Crippen molar-refractivity contribution in [2.45, 2.75) is 13.0 Å². The molecular weight excluding hydrogens is 213 g/mol. The number of aryl methyl sites for hydroxylation is 1. The Morgan fingerprint density at radius 2 is 2.20 bits per heavy atom. The summed E-state index contributed by atoms with van der Waals surface area (Å²) in [5.74, 6) is -0.190. The number of rotatable bonds is 1. The van der Waals surface area contributed by atoms with Crippen molar-refractivity contribution in [1.29, 1.82) is 0 Å². The van der Waals surface area contributed by atoms with E-state index in [1.807, 2.05) is 24.4 Å². The van der Waals surface area contributed by atoms with Crippen molar-refractivity contribution in [2.75, 3.05) is 0 Å². The van der Waals surface area contributed by atoms with Crippen LogP contribution in [-0.2, 0) is 0 Å². The van der Waals surface area contributed by atoms with Crippen molar-refractivity contribution in [3.63, 3.8) is 0 Å². The molecule has 3 heteroatoms. The van der Waals surface area contributed by atoms with Gasteiger partial charge in [0.25, 0.3) is 0 Å². The van der Waals surface area contributed by atoms with Crippen LogP contribution >= 0.6 is 11.6 Å². The van der Waals surface area contributed by atoms with E-state index in [1.165, 1.54) is 6.07 Å². The molecule has 1 aromatic carbocycles. The van der Waals surface area contributed by atoms with Gasteiger partial charge in [0.1, 0.15) is 5.82 Å². The highest BCUT2D eigenvalue weighted by molar-refractivity contribution is 6.30. The van der Waals surface area contributed by atoms with Gasteiger partial charge < -0.3 is 5.32 Å². The molecule has 0 saturated heterocycles. The van der Waals surface area contributed by atoms with Crippen LogP contribution in [-0.4, -0.2) is 0 Å². The summed E-state index contributed by atoms with van der Waals surface area (Å²) in [4.78, 5) is 0. The molecule has 1 unspecified atom stereocenters. The molecule has 0 fully saturated rings. The predicted octanol–water partition coefficient (Wildman–Crippen LogP) is 3.41. The van der Waals surface area contributed by atoms with Gasteiger partial charge in [-0.1, -0.05) is 23.7 Å². The topological polar surface area (TPSA) is 12.0 Å². The van der Waals surface area contributed by atoms with Crippen LogP contribution in [0.1, 0.15) is 17.2 Å². The average molecular weight is 224 g/mol. The molecule has 1 N–H and O–H groups in total. The van der Waals surface area contributed by atoms with Crippen molar-refractivity contribution in [3.05, 3.63) is 58.5 Å². The van der Waals surface area contributed by atoms with Gasteiger partial charge in [0, 0.05) is 5.03 Å². The SMILES string of the molecule is Cc1cc(C2NC=CC=C2Cl)ccc1F. The molecule has 0 radical (unpaired) electrons. The number of hydrogen-bond donors (Lipinski definition) is 1. The molecule has 1 aliphatic rings. The molecule has 1 heterocycles. The van der Waals surface area contributed by atoms with Crippen LogP contribution in [0.15, 0.2) is 41.6 Å². The Balaban J connectivity index is 2.34. The summed E-state index contributed by atoms with van der Waals surface area (Å²) in [6.45, 7) is 1.75. The lowest BCUT2D eigenvalue weighted by molar-refractivity contribution is 0.615. The van der Waals surface area contributed by atoms with E-state index in [0.29, 0.717) is 10.6 Å². The monoisotopic (exact) mass is 223 g/mol. The van der Waals surface area contributed by atoms with Crippen LogP contribution in [0, 0.1) is 12.7 Å². The molecule has 0 spiro atoms. The zero-order valence-electron chi connectivity index (χ0n) is 8.30. The number of nitrogens with one attached hydrogen (secondary N) is 1. The Hall–Kier alpha value is -1.28. The largest absolute Gasteiger partial charge is 0.379 e. The van der Waals surface area contributed by atoms with E-state index in [-0.39, 0.29) is 11.9 Å². The molecule has 0 bridgehead atoms. The van der Waals surface area contributed by atoms with E-state index in [9.17, 15) is 4.39 Å². The highest BCUT2D eigenvalue weighted by Gasteiger charge is 2.15. The second kappa shape index (κ2) is 4.07. The van der Waals surface area contributed by atoms with Gasteiger partial charge >= 0.3 is 0 Å². The first-order valence-electron chi connectivity index (χ1n) is 4.73. The molecule has 0 aromatic heterocycles. The first-order chi connectivity index (χ1) is 7.18. The first-order valence-corrected chi connectivity index (χ1v) is 5.10. The highest BCUT2D eigenvalue weighted by Crippen LogP contribution is 2.27. The van der Waals surface area contributed by atoms with Gasteiger partial charge in [0.2, 0.25) is 0 Å². The number of halogens is 2. The Morgan fingerprint density at radius 3 is 2.87 bits per heavy atom. The van der Waals surface area contributed by atoms with E-state index >= 15 is 0 Å². The standard InChI is InChI=1S/C12H11ClFN/c1-8-7-9(4-5-11(8)14)12-10(13)3-2-6-15-12/h2-7,12,15H,1H3.